The first-order chi connectivity index (χ1) is 16.2. The van der Waals surface area contributed by atoms with Gasteiger partial charge in [0, 0.05) is 13.1 Å². The van der Waals surface area contributed by atoms with Crippen molar-refractivity contribution in [1.29, 1.82) is 0 Å². The van der Waals surface area contributed by atoms with Crippen molar-refractivity contribution >= 4 is 5.97 Å². The Balaban J connectivity index is 1.89. The monoisotopic (exact) mass is 441 g/mol. The van der Waals surface area contributed by atoms with Crippen LogP contribution in [-0.4, -0.2) is 17.5 Å². The van der Waals surface area contributed by atoms with Crippen LogP contribution < -0.4 is 0 Å². The second-order valence-electron chi connectivity index (χ2n) is 9.02. The van der Waals surface area contributed by atoms with Gasteiger partial charge in [-0.3, -0.25) is 4.90 Å². The third kappa shape index (κ3) is 5.20. The summed E-state index contributed by atoms with van der Waals surface area (Å²) in [4.78, 5) is 16.5. The SMILES string of the molecule is CCOC(=O)C(c1ccccc1)(C1CCCCC1)N(Cc1ccccc1)Cc1ccccc1. The number of rotatable bonds is 9. The van der Waals surface area contributed by atoms with Crippen molar-refractivity contribution in [3.63, 3.8) is 0 Å². The van der Waals surface area contributed by atoms with Crippen LogP contribution in [0.1, 0.15) is 55.7 Å². The van der Waals surface area contributed by atoms with Crippen molar-refractivity contribution in [3.8, 4) is 0 Å². The molecule has 172 valence electrons. The van der Waals surface area contributed by atoms with Gasteiger partial charge in [0.1, 0.15) is 5.54 Å². The van der Waals surface area contributed by atoms with E-state index in [0.717, 1.165) is 31.2 Å². The number of hydrogen-bond acceptors (Lipinski definition) is 3. The first-order valence-electron chi connectivity index (χ1n) is 12.3. The summed E-state index contributed by atoms with van der Waals surface area (Å²) in [6, 6.07) is 31.4. The van der Waals surface area contributed by atoms with Gasteiger partial charge in [-0.25, -0.2) is 4.79 Å². The molecule has 1 unspecified atom stereocenters. The summed E-state index contributed by atoms with van der Waals surface area (Å²) in [5, 5.41) is 0. The minimum absolute atomic E-state index is 0.116. The topological polar surface area (TPSA) is 29.5 Å². The Hall–Kier alpha value is -2.91. The van der Waals surface area contributed by atoms with Crippen molar-refractivity contribution in [2.24, 2.45) is 5.92 Å². The number of carbonyl (C=O) groups excluding carboxylic acids is 1. The maximum Gasteiger partial charge on any atom is 0.331 e. The predicted octanol–water partition coefficient (Wildman–Crippen LogP) is 6.73. The fraction of sp³-hybridized carbons (Fsp3) is 0.367. The molecule has 1 fully saturated rings. The maximum absolute atomic E-state index is 14.1. The average molecular weight is 442 g/mol. The molecule has 0 bridgehead atoms. The van der Waals surface area contributed by atoms with Crippen LogP contribution in [0.5, 0.6) is 0 Å². The highest BCUT2D eigenvalue weighted by molar-refractivity contribution is 5.83. The zero-order chi connectivity index (χ0) is 22.9. The molecule has 0 amide bonds. The summed E-state index contributed by atoms with van der Waals surface area (Å²) in [7, 11) is 0. The Labute approximate surface area is 198 Å². The molecular formula is C30H35NO2. The molecule has 0 saturated heterocycles. The third-order valence-electron chi connectivity index (χ3n) is 6.93. The minimum atomic E-state index is -0.830. The Bertz CT molecular complexity index is 942. The molecule has 0 N–H and O–H groups in total. The van der Waals surface area contributed by atoms with Crippen LogP contribution in [0.25, 0.3) is 0 Å². The van der Waals surface area contributed by atoms with E-state index in [1.165, 1.54) is 17.5 Å². The lowest BCUT2D eigenvalue weighted by Gasteiger charge is -2.48. The summed E-state index contributed by atoms with van der Waals surface area (Å²) < 4.78 is 5.89. The van der Waals surface area contributed by atoms with Crippen molar-refractivity contribution < 1.29 is 9.53 Å². The zero-order valence-electron chi connectivity index (χ0n) is 19.7. The number of benzene rings is 3. The largest absolute Gasteiger partial charge is 0.464 e. The minimum Gasteiger partial charge on any atom is -0.464 e. The lowest BCUT2D eigenvalue weighted by molar-refractivity contribution is -0.167. The fourth-order valence-electron chi connectivity index (χ4n) is 5.46. The molecule has 0 heterocycles. The Kier molecular flexibility index (Phi) is 7.96. The Morgan fingerprint density at radius 2 is 1.27 bits per heavy atom. The highest BCUT2D eigenvalue weighted by atomic mass is 16.5. The second-order valence-corrected chi connectivity index (χ2v) is 9.02. The predicted molar refractivity (Wildman–Crippen MR) is 133 cm³/mol. The van der Waals surface area contributed by atoms with Crippen LogP contribution in [0.4, 0.5) is 0 Å². The van der Waals surface area contributed by atoms with Gasteiger partial charge in [0.05, 0.1) is 6.61 Å². The molecule has 1 aliphatic carbocycles. The van der Waals surface area contributed by atoms with Gasteiger partial charge in [-0.2, -0.15) is 0 Å². The van der Waals surface area contributed by atoms with Crippen LogP contribution in [-0.2, 0) is 28.2 Å². The summed E-state index contributed by atoms with van der Waals surface area (Å²) in [6.07, 6.45) is 5.62. The lowest BCUT2D eigenvalue weighted by Crippen LogP contribution is -2.57. The van der Waals surface area contributed by atoms with E-state index < -0.39 is 5.54 Å². The maximum atomic E-state index is 14.1. The summed E-state index contributed by atoms with van der Waals surface area (Å²) in [5.74, 6) is 0.0927. The second kappa shape index (κ2) is 11.3. The van der Waals surface area contributed by atoms with Crippen molar-refractivity contribution in [1.82, 2.24) is 4.90 Å². The zero-order valence-corrected chi connectivity index (χ0v) is 19.7. The van der Waals surface area contributed by atoms with E-state index >= 15 is 0 Å². The van der Waals surface area contributed by atoms with Crippen LogP contribution in [0, 0.1) is 5.92 Å². The normalized spacial score (nSPS) is 16.3. The summed E-state index contributed by atoms with van der Waals surface area (Å²) in [5.41, 5.74) is 2.62. The molecule has 3 aromatic rings. The first kappa shape index (κ1) is 23.3. The van der Waals surface area contributed by atoms with Crippen LogP contribution >= 0.6 is 0 Å². The molecule has 1 atom stereocenters. The molecule has 0 aromatic heterocycles. The number of carbonyl (C=O) groups is 1. The Morgan fingerprint density at radius 1 is 0.788 bits per heavy atom. The van der Waals surface area contributed by atoms with Crippen molar-refractivity contribution in [2.45, 2.75) is 57.7 Å². The van der Waals surface area contributed by atoms with Gasteiger partial charge < -0.3 is 4.74 Å². The molecule has 0 aliphatic heterocycles. The van der Waals surface area contributed by atoms with Crippen LogP contribution in [0.2, 0.25) is 0 Å². The highest BCUT2D eigenvalue weighted by Gasteiger charge is 2.52. The molecule has 3 heteroatoms. The van der Waals surface area contributed by atoms with E-state index in [2.05, 4.69) is 77.7 Å². The Morgan fingerprint density at radius 3 is 1.76 bits per heavy atom. The fourth-order valence-corrected chi connectivity index (χ4v) is 5.46. The van der Waals surface area contributed by atoms with E-state index in [-0.39, 0.29) is 11.9 Å². The molecule has 0 spiro atoms. The first-order valence-corrected chi connectivity index (χ1v) is 12.3. The average Bonchev–Trinajstić information content (AvgIpc) is 2.87. The van der Waals surface area contributed by atoms with E-state index in [9.17, 15) is 4.79 Å². The molecular weight excluding hydrogens is 406 g/mol. The molecule has 33 heavy (non-hydrogen) atoms. The van der Waals surface area contributed by atoms with Crippen LogP contribution in [0.3, 0.4) is 0 Å². The molecule has 1 saturated carbocycles. The number of nitrogens with zero attached hydrogens (tertiary/aromatic N) is 1. The van der Waals surface area contributed by atoms with Gasteiger partial charge in [-0.05, 0) is 42.4 Å². The van der Waals surface area contributed by atoms with Crippen LogP contribution in [0.15, 0.2) is 91.0 Å². The van der Waals surface area contributed by atoms with Gasteiger partial charge in [0.15, 0.2) is 0 Å². The van der Waals surface area contributed by atoms with Crippen molar-refractivity contribution in [3.05, 3.63) is 108 Å². The molecule has 0 radical (unpaired) electrons. The number of hydrogen-bond donors (Lipinski definition) is 0. The van der Waals surface area contributed by atoms with Gasteiger partial charge in [0.2, 0.25) is 0 Å². The van der Waals surface area contributed by atoms with Crippen molar-refractivity contribution in [2.75, 3.05) is 6.61 Å². The highest BCUT2D eigenvalue weighted by Crippen LogP contribution is 2.46. The van der Waals surface area contributed by atoms with Gasteiger partial charge >= 0.3 is 5.97 Å². The van der Waals surface area contributed by atoms with E-state index in [4.69, 9.17) is 4.74 Å². The standard InChI is InChI=1S/C30H35NO2/c1-2-33-29(32)30(27-19-11-5-12-20-27,28-21-13-6-14-22-28)31(23-25-15-7-3-8-16-25)24-26-17-9-4-10-18-26/h3-5,7-12,15-20,28H,2,6,13-14,21-24H2,1H3. The number of ether oxygens (including phenoxy) is 1. The molecule has 1 aliphatic rings. The molecule has 3 nitrogen and oxygen atoms in total. The summed E-state index contributed by atoms with van der Waals surface area (Å²) in [6.45, 7) is 3.65. The van der Waals surface area contributed by atoms with Gasteiger partial charge in [-0.15, -0.1) is 0 Å². The van der Waals surface area contributed by atoms with E-state index in [1.807, 2.05) is 25.1 Å². The quantitative estimate of drug-likeness (QED) is 0.345. The molecule has 4 rings (SSSR count). The lowest BCUT2D eigenvalue weighted by atomic mass is 9.69. The van der Waals surface area contributed by atoms with E-state index in [1.54, 1.807) is 0 Å². The third-order valence-corrected chi connectivity index (χ3v) is 6.93. The number of esters is 1. The van der Waals surface area contributed by atoms with Gasteiger partial charge in [0.25, 0.3) is 0 Å². The smallest absolute Gasteiger partial charge is 0.331 e. The van der Waals surface area contributed by atoms with E-state index in [0.29, 0.717) is 19.7 Å². The summed E-state index contributed by atoms with van der Waals surface area (Å²) >= 11 is 0. The molecule has 3 aromatic carbocycles. The van der Waals surface area contributed by atoms with Gasteiger partial charge in [-0.1, -0.05) is 110 Å².